The van der Waals surface area contributed by atoms with Crippen LogP contribution in [0.25, 0.3) is 6.08 Å². The predicted octanol–water partition coefficient (Wildman–Crippen LogP) is 5.86. The molecular weight excluding hydrogens is 529 g/mol. The van der Waals surface area contributed by atoms with Crippen LogP contribution in [0.2, 0.25) is 0 Å². The average Bonchev–Trinajstić information content (AvgIpc) is 2.85. The van der Waals surface area contributed by atoms with Crippen LogP contribution in [0.1, 0.15) is 18.1 Å². The summed E-state index contributed by atoms with van der Waals surface area (Å²) in [4.78, 5) is 24.9. The van der Waals surface area contributed by atoms with E-state index in [0.29, 0.717) is 28.1 Å². The molecule has 0 aromatic heterocycles. The largest absolute Gasteiger partial charge is 0.490 e. The van der Waals surface area contributed by atoms with Gasteiger partial charge in [0.1, 0.15) is 17.5 Å². The molecule has 3 aromatic carbocycles. The highest BCUT2D eigenvalue weighted by Gasteiger charge is 2.16. The normalized spacial score (nSPS) is 10.8. The summed E-state index contributed by atoms with van der Waals surface area (Å²) in [7, 11) is 0. The predicted molar refractivity (Wildman–Crippen MR) is 139 cm³/mol. The molecule has 0 atom stereocenters. The van der Waals surface area contributed by atoms with E-state index in [4.69, 9.17) is 9.47 Å². The van der Waals surface area contributed by atoms with E-state index in [1.54, 1.807) is 37.3 Å². The molecule has 2 N–H and O–H groups in total. The van der Waals surface area contributed by atoms with Gasteiger partial charge in [0.05, 0.1) is 16.8 Å². The SMILES string of the molecule is CCOc1cc(/C=C(/C#N)C(=O)Nc2ccccc2C)cc(Br)c1OCC(=O)Nc1ccccc1F. The molecule has 0 aliphatic carbocycles. The molecule has 0 spiro atoms. The number of ether oxygens (including phenoxy) is 2. The molecule has 0 saturated carbocycles. The third-order valence-corrected chi connectivity index (χ3v) is 5.49. The Morgan fingerprint density at radius 3 is 2.42 bits per heavy atom. The first-order chi connectivity index (χ1) is 17.3. The first kappa shape index (κ1) is 26.4. The van der Waals surface area contributed by atoms with Gasteiger partial charge in [-0.1, -0.05) is 30.3 Å². The van der Waals surface area contributed by atoms with Gasteiger partial charge in [0.25, 0.3) is 11.8 Å². The van der Waals surface area contributed by atoms with Crippen LogP contribution < -0.4 is 20.1 Å². The van der Waals surface area contributed by atoms with E-state index in [-0.39, 0.29) is 17.0 Å². The third-order valence-electron chi connectivity index (χ3n) is 4.90. The van der Waals surface area contributed by atoms with Gasteiger partial charge in [-0.2, -0.15) is 5.26 Å². The summed E-state index contributed by atoms with van der Waals surface area (Å²) < 4.78 is 25.5. The highest BCUT2D eigenvalue weighted by Crippen LogP contribution is 2.37. The first-order valence-corrected chi connectivity index (χ1v) is 11.7. The van der Waals surface area contributed by atoms with Crippen molar-refractivity contribution in [2.75, 3.05) is 23.8 Å². The van der Waals surface area contributed by atoms with Gasteiger partial charge in [-0.05, 0) is 77.3 Å². The molecule has 0 aliphatic heterocycles. The highest BCUT2D eigenvalue weighted by atomic mass is 79.9. The molecule has 0 unspecified atom stereocenters. The summed E-state index contributed by atoms with van der Waals surface area (Å²) in [6.45, 7) is 3.54. The molecule has 0 bridgehead atoms. The minimum absolute atomic E-state index is 0.0451. The summed E-state index contributed by atoms with van der Waals surface area (Å²) in [6.07, 6.45) is 1.43. The van der Waals surface area contributed by atoms with Gasteiger partial charge in [-0.3, -0.25) is 9.59 Å². The Bertz CT molecular complexity index is 1350. The fourth-order valence-corrected chi connectivity index (χ4v) is 3.75. The number of rotatable bonds is 9. The molecule has 0 fully saturated rings. The zero-order chi connectivity index (χ0) is 26.1. The molecule has 3 aromatic rings. The Kier molecular flexibility index (Phi) is 9.19. The summed E-state index contributed by atoms with van der Waals surface area (Å²) >= 11 is 3.40. The van der Waals surface area contributed by atoms with Crippen molar-refractivity contribution < 1.29 is 23.5 Å². The summed E-state index contributed by atoms with van der Waals surface area (Å²) in [5.41, 5.74) is 1.92. The number of nitrogens with one attached hydrogen (secondary N) is 2. The average molecular weight is 552 g/mol. The quantitative estimate of drug-likeness (QED) is 0.256. The van der Waals surface area contributed by atoms with Crippen molar-refractivity contribution in [1.82, 2.24) is 0 Å². The van der Waals surface area contributed by atoms with E-state index in [1.807, 2.05) is 25.1 Å². The summed E-state index contributed by atoms with van der Waals surface area (Å²) in [6, 6.07) is 18.2. The van der Waals surface area contributed by atoms with Gasteiger partial charge >= 0.3 is 0 Å². The molecule has 0 heterocycles. The topological polar surface area (TPSA) is 100 Å². The minimum Gasteiger partial charge on any atom is -0.490 e. The van der Waals surface area contributed by atoms with Crippen molar-refractivity contribution in [2.24, 2.45) is 0 Å². The van der Waals surface area contributed by atoms with Crippen LogP contribution in [-0.4, -0.2) is 25.0 Å². The molecular formula is C27H23BrFN3O4. The second-order valence-corrected chi connectivity index (χ2v) is 8.37. The van der Waals surface area contributed by atoms with Crippen molar-refractivity contribution in [3.05, 3.63) is 87.7 Å². The number of anilines is 2. The van der Waals surface area contributed by atoms with Crippen molar-refractivity contribution in [3.63, 3.8) is 0 Å². The molecule has 2 amide bonds. The van der Waals surface area contributed by atoms with E-state index < -0.39 is 24.2 Å². The van der Waals surface area contributed by atoms with Crippen molar-refractivity contribution in [3.8, 4) is 17.6 Å². The molecule has 184 valence electrons. The van der Waals surface area contributed by atoms with Crippen LogP contribution >= 0.6 is 15.9 Å². The smallest absolute Gasteiger partial charge is 0.266 e. The number of carbonyl (C=O) groups is 2. The van der Waals surface area contributed by atoms with Crippen LogP contribution in [0.15, 0.2) is 70.7 Å². The number of halogens is 2. The summed E-state index contributed by atoms with van der Waals surface area (Å²) in [5, 5.41) is 14.8. The monoisotopic (exact) mass is 551 g/mol. The van der Waals surface area contributed by atoms with E-state index in [9.17, 15) is 19.2 Å². The lowest BCUT2D eigenvalue weighted by Crippen LogP contribution is -2.21. The van der Waals surface area contributed by atoms with Crippen LogP contribution in [0, 0.1) is 24.1 Å². The Balaban J connectivity index is 1.79. The molecule has 0 aliphatic rings. The van der Waals surface area contributed by atoms with E-state index in [0.717, 1.165) is 5.56 Å². The highest BCUT2D eigenvalue weighted by molar-refractivity contribution is 9.10. The van der Waals surface area contributed by atoms with Crippen LogP contribution in [-0.2, 0) is 9.59 Å². The minimum atomic E-state index is -0.557. The maximum Gasteiger partial charge on any atom is 0.266 e. The maximum atomic E-state index is 13.8. The summed E-state index contributed by atoms with van der Waals surface area (Å²) in [5.74, 6) is -1.11. The van der Waals surface area contributed by atoms with Gasteiger partial charge < -0.3 is 20.1 Å². The number of hydrogen-bond donors (Lipinski definition) is 2. The number of benzene rings is 3. The van der Waals surface area contributed by atoms with Crippen LogP contribution in [0.4, 0.5) is 15.8 Å². The Morgan fingerprint density at radius 2 is 1.75 bits per heavy atom. The zero-order valence-electron chi connectivity index (χ0n) is 19.6. The molecule has 7 nitrogen and oxygen atoms in total. The van der Waals surface area contributed by atoms with Gasteiger partial charge in [0.15, 0.2) is 18.1 Å². The molecule has 36 heavy (non-hydrogen) atoms. The van der Waals surface area contributed by atoms with E-state index in [1.165, 1.54) is 24.3 Å². The van der Waals surface area contributed by atoms with Crippen molar-refractivity contribution in [1.29, 1.82) is 5.26 Å². The maximum absolute atomic E-state index is 13.8. The van der Waals surface area contributed by atoms with Crippen LogP contribution in [0.5, 0.6) is 11.5 Å². The van der Waals surface area contributed by atoms with Gasteiger partial charge in [-0.25, -0.2) is 4.39 Å². The Labute approximate surface area is 216 Å². The number of amides is 2. The number of nitrogens with zero attached hydrogens (tertiary/aromatic N) is 1. The fourth-order valence-electron chi connectivity index (χ4n) is 3.18. The lowest BCUT2D eigenvalue weighted by Gasteiger charge is -2.15. The number of hydrogen-bond acceptors (Lipinski definition) is 5. The van der Waals surface area contributed by atoms with E-state index >= 15 is 0 Å². The lowest BCUT2D eigenvalue weighted by molar-refractivity contribution is -0.118. The number of para-hydroxylation sites is 2. The molecule has 3 rings (SSSR count). The molecule has 9 heteroatoms. The Hall–Kier alpha value is -4.16. The molecule has 0 saturated heterocycles. The van der Waals surface area contributed by atoms with Gasteiger partial charge in [0, 0.05) is 5.69 Å². The number of aryl methyl sites for hydroxylation is 1. The van der Waals surface area contributed by atoms with Gasteiger partial charge in [-0.15, -0.1) is 0 Å². The van der Waals surface area contributed by atoms with Crippen molar-refractivity contribution >= 4 is 45.2 Å². The first-order valence-electron chi connectivity index (χ1n) is 10.9. The second-order valence-electron chi connectivity index (χ2n) is 7.52. The fraction of sp³-hybridized carbons (Fsp3) is 0.148. The Morgan fingerprint density at radius 1 is 1.06 bits per heavy atom. The zero-order valence-corrected chi connectivity index (χ0v) is 21.2. The molecule has 0 radical (unpaired) electrons. The second kappa shape index (κ2) is 12.5. The third kappa shape index (κ3) is 6.93. The van der Waals surface area contributed by atoms with Gasteiger partial charge in [0.2, 0.25) is 0 Å². The number of carbonyl (C=O) groups excluding carboxylic acids is 2. The standard InChI is InChI=1S/C27H23BrFN3O4/c1-3-35-24-14-18(12-19(15-30)27(34)32-22-10-6-4-8-17(22)2)13-20(28)26(24)36-16-25(33)31-23-11-7-5-9-21(23)29/h4-14H,3,16H2,1-2H3,(H,31,33)(H,32,34)/b19-12-. The number of nitriles is 1. The lowest BCUT2D eigenvalue weighted by atomic mass is 10.1. The van der Waals surface area contributed by atoms with Crippen LogP contribution in [0.3, 0.4) is 0 Å². The van der Waals surface area contributed by atoms with Crippen molar-refractivity contribution in [2.45, 2.75) is 13.8 Å². The van der Waals surface area contributed by atoms with E-state index in [2.05, 4.69) is 26.6 Å².